The molecule has 0 saturated heterocycles. The predicted molar refractivity (Wildman–Crippen MR) is 98.7 cm³/mol. The average molecular weight is 378 g/mol. The second kappa shape index (κ2) is 8.36. The third kappa shape index (κ3) is 4.52. The summed E-state index contributed by atoms with van der Waals surface area (Å²) < 4.78 is 20.3. The van der Waals surface area contributed by atoms with Crippen molar-refractivity contribution in [1.82, 2.24) is 14.8 Å². The zero-order valence-corrected chi connectivity index (χ0v) is 15.2. The van der Waals surface area contributed by atoms with Gasteiger partial charge >= 0.3 is 0 Å². The number of nitrogens with zero attached hydrogens (tertiary/aromatic N) is 3. The van der Waals surface area contributed by atoms with E-state index in [4.69, 9.17) is 16.3 Å². The number of hydrogen-bond donors (Lipinski definition) is 0. The molecule has 25 heavy (non-hydrogen) atoms. The number of thioether (sulfide) groups is 1. The van der Waals surface area contributed by atoms with Crippen LogP contribution >= 0.6 is 23.4 Å². The van der Waals surface area contributed by atoms with E-state index < -0.39 is 0 Å². The Morgan fingerprint density at radius 1 is 1.12 bits per heavy atom. The van der Waals surface area contributed by atoms with E-state index in [0.29, 0.717) is 17.4 Å². The van der Waals surface area contributed by atoms with Gasteiger partial charge in [-0.1, -0.05) is 35.5 Å². The number of hydrogen-bond acceptors (Lipinski definition) is 4. The lowest BCUT2D eigenvalue weighted by molar-refractivity contribution is 0.318. The third-order valence-corrected chi connectivity index (χ3v) is 4.99. The highest BCUT2D eigenvalue weighted by molar-refractivity contribution is 7.99. The molecule has 1 aromatic heterocycles. The van der Waals surface area contributed by atoms with Gasteiger partial charge in [0.2, 0.25) is 0 Å². The number of ether oxygens (including phenoxy) is 1. The molecule has 7 heteroatoms. The van der Waals surface area contributed by atoms with Crippen LogP contribution in [0, 0.1) is 5.82 Å². The summed E-state index contributed by atoms with van der Waals surface area (Å²) in [6.07, 6.45) is 0.844. The van der Waals surface area contributed by atoms with Crippen LogP contribution in [0.1, 0.15) is 6.42 Å². The van der Waals surface area contributed by atoms with E-state index in [2.05, 4.69) is 10.2 Å². The number of halogens is 2. The molecule has 0 aliphatic rings. The maximum absolute atomic E-state index is 12.8. The zero-order valence-electron chi connectivity index (χ0n) is 13.7. The second-order valence-electron chi connectivity index (χ2n) is 5.35. The molecular weight excluding hydrogens is 361 g/mol. The molecule has 0 aliphatic heterocycles. The van der Waals surface area contributed by atoms with E-state index in [9.17, 15) is 4.39 Å². The summed E-state index contributed by atoms with van der Waals surface area (Å²) in [6.45, 7) is 0.563. The molecule has 0 unspecified atom stereocenters. The van der Waals surface area contributed by atoms with E-state index in [1.54, 1.807) is 23.9 Å². The molecule has 2 aromatic carbocycles. The van der Waals surface area contributed by atoms with Crippen LogP contribution in [0.5, 0.6) is 5.75 Å². The minimum atomic E-state index is -0.264. The first-order valence-corrected chi connectivity index (χ1v) is 9.17. The van der Waals surface area contributed by atoms with Gasteiger partial charge in [0.25, 0.3) is 0 Å². The van der Waals surface area contributed by atoms with Crippen molar-refractivity contribution in [3.63, 3.8) is 0 Å². The van der Waals surface area contributed by atoms with Crippen LogP contribution in [-0.2, 0) is 7.05 Å². The van der Waals surface area contributed by atoms with Crippen LogP contribution in [-0.4, -0.2) is 27.1 Å². The Kier molecular flexibility index (Phi) is 5.94. The largest absolute Gasteiger partial charge is 0.494 e. The van der Waals surface area contributed by atoms with Crippen molar-refractivity contribution in [3.05, 3.63) is 59.4 Å². The standard InChI is InChI=1S/C18H17ClFN3OS/c1-23-17(15-5-2-3-6-16(15)19)21-22-18(23)25-12-4-11-24-14-9-7-13(20)8-10-14/h2-3,5-10H,4,11-12H2,1H3. The van der Waals surface area contributed by atoms with Crippen molar-refractivity contribution in [3.8, 4) is 17.1 Å². The second-order valence-corrected chi connectivity index (χ2v) is 6.82. The Labute approximate surface area is 155 Å². The first kappa shape index (κ1) is 17.8. The number of rotatable bonds is 7. The minimum Gasteiger partial charge on any atom is -0.494 e. The lowest BCUT2D eigenvalue weighted by atomic mass is 10.2. The molecule has 4 nitrogen and oxygen atoms in total. The molecule has 0 saturated carbocycles. The molecule has 0 spiro atoms. The Balaban J connectivity index is 1.51. The average Bonchev–Trinajstić information content (AvgIpc) is 2.97. The van der Waals surface area contributed by atoms with Gasteiger partial charge in [0.15, 0.2) is 11.0 Å². The van der Waals surface area contributed by atoms with E-state index in [0.717, 1.165) is 28.7 Å². The summed E-state index contributed by atoms with van der Waals surface area (Å²) in [4.78, 5) is 0. The van der Waals surface area contributed by atoms with E-state index in [1.807, 2.05) is 35.9 Å². The van der Waals surface area contributed by atoms with Gasteiger partial charge in [-0.3, -0.25) is 0 Å². The highest BCUT2D eigenvalue weighted by atomic mass is 35.5. The molecule has 130 valence electrons. The van der Waals surface area contributed by atoms with Crippen molar-refractivity contribution >= 4 is 23.4 Å². The quantitative estimate of drug-likeness (QED) is 0.436. The SMILES string of the molecule is Cn1c(SCCCOc2ccc(F)cc2)nnc1-c1ccccc1Cl. The maximum Gasteiger partial charge on any atom is 0.191 e. The molecule has 0 atom stereocenters. The zero-order chi connectivity index (χ0) is 17.6. The highest BCUT2D eigenvalue weighted by Crippen LogP contribution is 2.28. The summed E-state index contributed by atoms with van der Waals surface area (Å²) in [5, 5.41) is 9.96. The van der Waals surface area contributed by atoms with Gasteiger partial charge in [-0.05, 0) is 42.8 Å². The van der Waals surface area contributed by atoms with Crippen LogP contribution in [0.3, 0.4) is 0 Å². The summed E-state index contributed by atoms with van der Waals surface area (Å²) in [5.41, 5.74) is 0.866. The fourth-order valence-electron chi connectivity index (χ4n) is 2.26. The fraction of sp³-hybridized carbons (Fsp3) is 0.222. The maximum atomic E-state index is 12.8. The van der Waals surface area contributed by atoms with Gasteiger partial charge in [0.1, 0.15) is 11.6 Å². The Morgan fingerprint density at radius 2 is 1.88 bits per heavy atom. The van der Waals surface area contributed by atoms with Gasteiger partial charge in [-0.25, -0.2) is 4.39 Å². The van der Waals surface area contributed by atoms with Crippen molar-refractivity contribution in [2.24, 2.45) is 7.05 Å². The van der Waals surface area contributed by atoms with Gasteiger partial charge < -0.3 is 9.30 Å². The lowest BCUT2D eigenvalue weighted by Gasteiger charge is -2.07. The van der Waals surface area contributed by atoms with E-state index >= 15 is 0 Å². The van der Waals surface area contributed by atoms with Crippen LogP contribution in [0.25, 0.3) is 11.4 Å². The first-order chi connectivity index (χ1) is 12.1. The Morgan fingerprint density at radius 3 is 2.64 bits per heavy atom. The molecule has 1 heterocycles. The number of aromatic nitrogens is 3. The Hall–Kier alpha value is -2.05. The van der Waals surface area contributed by atoms with Crippen molar-refractivity contribution in [1.29, 1.82) is 0 Å². The molecule has 3 aromatic rings. The van der Waals surface area contributed by atoms with Gasteiger partial charge in [-0.15, -0.1) is 10.2 Å². The first-order valence-electron chi connectivity index (χ1n) is 7.80. The summed E-state index contributed by atoms with van der Waals surface area (Å²) in [6, 6.07) is 13.6. The van der Waals surface area contributed by atoms with Crippen molar-refractivity contribution < 1.29 is 9.13 Å². The normalized spacial score (nSPS) is 10.8. The van der Waals surface area contributed by atoms with E-state index in [-0.39, 0.29) is 5.82 Å². The molecule has 3 rings (SSSR count). The van der Waals surface area contributed by atoms with Crippen LogP contribution in [0.4, 0.5) is 4.39 Å². The summed E-state index contributed by atoms with van der Waals surface area (Å²) in [5.74, 6) is 2.00. The van der Waals surface area contributed by atoms with Gasteiger partial charge in [0, 0.05) is 18.4 Å². The molecule has 0 bridgehead atoms. The molecule has 0 aliphatic carbocycles. The van der Waals surface area contributed by atoms with Crippen molar-refractivity contribution in [2.45, 2.75) is 11.6 Å². The lowest BCUT2D eigenvalue weighted by Crippen LogP contribution is -2.00. The van der Waals surface area contributed by atoms with Crippen LogP contribution < -0.4 is 4.74 Å². The van der Waals surface area contributed by atoms with Gasteiger partial charge in [-0.2, -0.15) is 0 Å². The monoisotopic (exact) mass is 377 g/mol. The van der Waals surface area contributed by atoms with Crippen molar-refractivity contribution in [2.75, 3.05) is 12.4 Å². The van der Waals surface area contributed by atoms with E-state index in [1.165, 1.54) is 12.1 Å². The number of benzene rings is 2. The topological polar surface area (TPSA) is 39.9 Å². The third-order valence-electron chi connectivity index (χ3n) is 3.55. The molecule has 0 N–H and O–H groups in total. The summed E-state index contributed by atoms with van der Waals surface area (Å²) >= 11 is 7.84. The Bertz CT molecular complexity index is 839. The molecular formula is C18H17ClFN3OS. The van der Waals surface area contributed by atoms with Crippen LogP contribution in [0.2, 0.25) is 5.02 Å². The summed E-state index contributed by atoms with van der Waals surface area (Å²) in [7, 11) is 1.93. The minimum absolute atomic E-state index is 0.264. The molecule has 0 amide bonds. The van der Waals surface area contributed by atoms with Gasteiger partial charge in [0.05, 0.1) is 11.6 Å². The fourth-order valence-corrected chi connectivity index (χ4v) is 3.30. The predicted octanol–water partition coefficient (Wildman–Crippen LogP) is 4.84. The highest BCUT2D eigenvalue weighted by Gasteiger charge is 2.13. The van der Waals surface area contributed by atoms with Crippen LogP contribution in [0.15, 0.2) is 53.7 Å². The molecule has 0 radical (unpaired) electrons. The smallest absolute Gasteiger partial charge is 0.191 e. The molecule has 0 fully saturated rings.